The molecule has 22 heavy (non-hydrogen) atoms. The van der Waals surface area contributed by atoms with E-state index in [-0.39, 0.29) is 6.04 Å². The third kappa shape index (κ3) is 2.62. The van der Waals surface area contributed by atoms with Crippen molar-refractivity contribution in [3.05, 3.63) is 44.3 Å². The lowest BCUT2D eigenvalue weighted by molar-refractivity contribution is -0.131. The van der Waals surface area contributed by atoms with E-state index in [1.54, 1.807) is 11.3 Å². The molecule has 3 nitrogen and oxygen atoms in total. The summed E-state index contributed by atoms with van der Waals surface area (Å²) in [4.78, 5) is 19.8. The van der Waals surface area contributed by atoms with Gasteiger partial charge in [-0.05, 0) is 47.7 Å². The Morgan fingerprint density at radius 1 is 1.14 bits per heavy atom. The molecule has 2 aliphatic rings. The predicted octanol–water partition coefficient (Wildman–Crippen LogP) is 3.38. The fourth-order valence-electron chi connectivity index (χ4n) is 3.56. The van der Waals surface area contributed by atoms with E-state index in [4.69, 9.17) is 0 Å². The topological polar surface area (TPSA) is 23.6 Å². The Morgan fingerprint density at radius 2 is 2.00 bits per heavy atom. The first-order valence-electron chi connectivity index (χ1n) is 7.94. The summed E-state index contributed by atoms with van der Waals surface area (Å²) in [6.07, 6.45) is 3.39. The second kappa shape index (κ2) is 6.14. The predicted molar refractivity (Wildman–Crippen MR) is 91.6 cm³/mol. The zero-order chi connectivity index (χ0) is 14.9. The molecule has 0 unspecified atom stereocenters. The lowest BCUT2D eigenvalue weighted by Crippen LogP contribution is -2.43. The largest absolute Gasteiger partial charge is 0.342 e. The number of fused-ring (bicyclic) bond motifs is 1. The van der Waals surface area contributed by atoms with Crippen LogP contribution in [0.15, 0.2) is 29.0 Å². The van der Waals surface area contributed by atoms with E-state index < -0.39 is 0 Å². The molecule has 1 fully saturated rings. The Bertz CT molecular complexity index is 643. The second-order valence-electron chi connectivity index (χ2n) is 6.03. The van der Waals surface area contributed by atoms with Gasteiger partial charge in [0.05, 0.1) is 12.6 Å². The zero-order valence-corrected chi connectivity index (χ0v) is 14.2. The van der Waals surface area contributed by atoms with Crippen molar-refractivity contribution in [1.82, 2.24) is 9.80 Å². The molecule has 116 valence electrons. The Hall–Kier alpha value is -1.17. The molecular formula is C17H20N2OS2. The van der Waals surface area contributed by atoms with Gasteiger partial charge in [-0.3, -0.25) is 9.69 Å². The monoisotopic (exact) mass is 332 g/mol. The van der Waals surface area contributed by atoms with Gasteiger partial charge in [-0.1, -0.05) is 6.07 Å². The third-order valence-electron chi connectivity index (χ3n) is 4.68. The van der Waals surface area contributed by atoms with Crippen LogP contribution in [-0.4, -0.2) is 41.9 Å². The van der Waals surface area contributed by atoms with E-state index in [9.17, 15) is 4.79 Å². The molecule has 4 rings (SSSR count). The van der Waals surface area contributed by atoms with E-state index in [0.717, 1.165) is 38.9 Å². The van der Waals surface area contributed by atoms with E-state index >= 15 is 0 Å². The average molecular weight is 332 g/mol. The summed E-state index contributed by atoms with van der Waals surface area (Å²) in [5.41, 5.74) is 1.41. The number of rotatable bonds is 3. The number of likely N-dealkylation sites (tertiary alicyclic amines) is 1. The smallest absolute Gasteiger partial charge is 0.236 e. The van der Waals surface area contributed by atoms with Crippen LogP contribution in [0.5, 0.6) is 0 Å². The van der Waals surface area contributed by atoms with E-state index in [0.29, 0.717) is 12.5 Å². The molecule has 0 aliphatic carbocycles. The fourth-order valence-corrected chi connectivity index (χ4v) is 5.34. The van der Waals surface area contributed by atoms with Crippen LogP contribution in [0, 0.1) is 0 Å². The Morgan fingerprint density at radius 3 is 2.77 bits per heavy atom. The lowest BCUT2D eigenvalue weighted by atomic mass is 9.98. The van der Waals surface area contributed by atoms with Crippen molar-refractivity contribution >= 4 is 28.6 Å². The van der Waals surface area contributed by atoms with Gasteiger partial charge in [0.25, 0.3) is 0 Å². The van der Waals surface area contributed by atoms with Crippen LogP contribution in [-0.2, 0) is 11.2 Å². The molecule has 2 aromatic rings. The van der Waals surface area contributed by atoms with Crippen molar-refractivity contribution in [3.63, 3.8) is 0 Å². The van der Waals surface area contributed by atoms with Crippen LogP contribution in [0.4, 0.5) is 0 Å². The second-order valence-corrected chi connectivity index (χ2v) is 8.01. The SMILES string of the molecule is O=C(CN1CCc2sccc2[C@@H]1c1cccs1)N1CCCC1. The minimum Gasteiger partial charge on any atom is -0.342 e. The molecule has 1 amide bonds. The quantitative estimate of drug-likeness (QED) is 0.860. The van der Waals surface area contributed by atoms with Gasteiger partial charge in [-0.25, -0.2) is 0 Å². The van der Waals surface area contributed by atoms with Gasteiger partial charge < -0.3 is 4.90 Å². The van der Waals surface area contributed by atoms with Gasteiger partial charge in [0.1, 0.15) is 0 Å². The molecule has 0 bridgehead atoms. The number of thiophene rings is 2. The highest BCUT2D eigenvalue weighted by Gasteiger charge is 2.32. The maximum atomic E-state index is 12.6. The van der Waals surface area contributed by atoms with Crippen LogP contribution >= 0.6 is 22.7 Å². The summed E-state index contributed by atoms with van der Waals surface area (Å²) in [7, 11) is 0. The van der Waals surface area contributed by atoms with E-state index in [1.807, 2.05) is 16.2 Å². The van der Waals surface area contributed by atoms with Gasteiger partial charge >= 0.3 is 0 Å². The van der Waals surface area contributed by atoms with Gasteiger partial charge in [0.2, 0.25) is 5.91 Å². The first-order chi connectivity index (χ1) is 10.8. The van der Waals surface area contributed by atoms with Gasteiger partial charge in [0.15, 0.2) is 0 Å². The van der Waals surface area contributed by atoms with E-state index in [1.165, 1.54) is 15.3 Å². The summed E-state index contributed by atoms with van der Waals surface area (Å²) in [6.45, 7) is 3.42. The minimum absolute atomic E-state index is 0.265. The van der Waals surface area contributed by atoms with Gasteiger partial charge in [-0.2, -0.15) is 0 Å². The molecule has 1 saturated heterocycles. The molecular weight excluding hydrogens is 312 g/mol. The first kappa shape index (κ1) is 14.4. The van der Waals surface area contributed by atoms with Gasteiger partial charge in [-0.15, -0.1) is 22.7 Å². The highest BCUT2D eigenvalue weighted by molar-refractivity contribution is 7.10. The molecule has 0 spiro atoms. The summed E-state index contributed by atoms with van der Waals surface area (Å²) in [6, 6.07) is 6.83. The average Bonchev–Trinajstić information content (AvgIpc) is 3.28. The molecule has 2 aliphatic heterocycles. The number of carbonyl (C=O) groups excluding carboxylic acids is 1. The summed E-state index contributed by atoms with van der Waals surface area (Å²) >= 11 is 3.65. The number of amides is 1. The Labute approximate surface area is 139 Å². The summed E-state index contributed by atoms with van der Waals surface area (Å²) < 4.78 is 0. The van der Waals surface area contributed by atoms with Crippen LogP contribution in [0.3, 0.4) is 0 Å². The number of hydrogen-bond donors (Lipinski definition) is 0. The van der Waals surface area contributed by atoms with Crippen LogP contribution in [0.2, 0.25) is 0 Å². The fraction of sp³-hybridized carbons (Fsp3) is 0.471. The van der Waals surface area contributed by atoms with Crippen LogP contribution in [0.1, 0.15) is 34.2 Å². The number of nitrogens with zero attached hydrogens (tertiary/aromatic N) is 2. The summed E-state index contributed by atoms with van der Waals surface area (Å²) in [5, 5.41) is 4.33. The maximum absolute atomic E-state index is 12.6. The first-order valence-corrected chi connectivity index (χ1v) is 9.70. The maximum Gasteiger partial charge on any atom is 0.236 e. The van der Waals surface area contributed by atoms with Crippen molar-refractivity contribution in [2.75, 3.05) is 26.2 Å². The van der Waals surface area contributed by atoms with Crippen molar-refractivity contribution in [3.8, 4) is 0 Å². The number of carbonyl (C=O) groups is 1. The molecule has 5 heteroatoms. The summed E-state index contributed by atoms with van der Waals surface area (Å²) in [5.74, 6) is 0.303. The Kier molecular flexibility index (Phi) is 4.03. The molecule has 0 N–H and O–H groups in total. The molecule has 0 saturated carbocycles. The normalized spacial score (nSPS) is 22.0. The van der Waals surface area contributed by atoms with Crippen molar-refractivity contribution in [1.29, 1.82) is 0 Å². The molecule has 1 atom stereocenters. The number of hydrogen-bond acceptors (Lipinski definition) is 4. The standard InChI is InChI=1S/C17H20N2OS2/c20-16(18-7-1-2-8-18)12-19-9-5-14-13(6-11-22-14)17(19)15-4-3-10-21-15/h3-4,6,10-11,17H,1-2,5,7-9,12H2/t17-/m1/s1. The van der Waals surface area contributed by atoms with E-state index in [2.05, 4.69) is 33.9 Å². The van der Waals surface area contributed by atoms with Crippen molar-refractivity contribution in [2.45, 2.75) is 25.3 Å². The minimum atomic E-state index is 0.265. The van der Waals surface area contributed by atoms with Crippen LogP contribution in [0.25, 0.3) is 0 Å². The molecule has 4 heterocycles. The lowest BCUT2D eigenvalue weighted by Gasteiger charge is -2.35. The molecule has 2 aromatic heterocycles. The molecule has 0 aromatic carbocycles. The van der Waals surface area contributed by atoms with Crippen molar-refractivity contribution < 1.29 is 4.79 Å². The van der Waals surface area contributed by atoms with Crippen LogP contribution < -0.4 is 0 Å². The molecule has 0 radical (unpaired) electrons. The zero-order valence-electron chi connectivity index (χ0n) is 12.5. The highest BCUT2D eigenvalue weighted by atomic mass is 32.1. The third-order valence-corrected chi connectivity index (χ3v) is 6.60. The van der Waals surface area contributed by atoms with Crippen molar-refractivity contribution in [2.24, 2.45) is 0 Å². The van der Waals surface area contributed by atoms with Gasteiger partial charge in [0, 0.05) is 29.4 Å². The Balaban J connectivity index is 1.59. The highest BCUT2D eigenvalue weighted by Crippen LogP contribution is 2.39.